The highest BCUT2D eigenvalue weighted by Crippen LogP contribution is 2.32. The van der Waals surface area contributed by atoms with Gasteiger partial charge in [0.1, 0.15) is 6.04 Å². The van der Waals surface area contributed by atoms with E-state index < -0.39 is 0 Å². The Kier molecular flexibility index (Phi) is 6.77. The standard InChI is InChI=1S/C31H30N8OS/c1-21-8-7-11-23-20-24(30(40)33-27(21)23)28(29-34-35-36-39(29)15-14-22-9-3-2-4-10-22)37-16-18-38(19-17-37)31-32-25-12-5-6-13-26(25)41-31/h2-13,20,28H,14-19H2,1H3,(H,33,40)/t28-/m1/s1. The Morgan fingerprint density at radius 2 is 1.76 bits per heavy atom. The fourth-order valence-electron chi connectivity index (χ4n) is 5.72. The van der Waals surface area contributed by atoms with Crippen molar-refractivity contribution < 1.29 is 0 Å². The van der Waals surface area contributed by atoms with Crippen LogP contribution in [-0.4, -0.2) is 61.3 Å². The van der Waals surface area contributed by atoms with E-state index >= 15 is 0 Å². The molecule has 206 valence electrons. The minimum absolute atomic E-state index is 0.108. The van der Waals surface area contributed by atoms with Gasteiger partial charge in [-0.1, -0.05) is 72.0 Å². The van der Waals surface area contributed by atoms with Crippen molar-refractivity contribution in [3.8, 4) is 0 Å². The number of aromatic amines is 1. The average Bonchev–Trinajstić information content (AvgIpc) is 3.65. The Balaban J connectivity index is 1.23. The number of fused-ring (bicyclic) bond motifs is 2. The van der Waals surface area contributed by atoms with Crippen LogP contribution in [0.15, 0.2) is 83.7 Å². The molecule has 3 aromatic carbocycles. The van der Waals surface area contributed by atoms with Crippen molar-refractivity contribution in [2.24, 2.45) is 0 Å². The van der Waals surface area contributed by atoms with Gasteiger partial charge in [-0.25, -0.2) is 9.67 Å². The van der Waals surface area contributed by atoms with E-state index in [1.807, 2.05) is 60.1 Å². The summed E-state index contributed by atoms with van der Waals surface area (Å²) >= 11 is 1.72. The molecule has 9 nitrogen and oxygen atoms in total. The van der Waals surface area contributed by atoms with Crippen molar-refractivity contribution in [1.82, 2.24) is 35.1 Å². The maximum atomic E-state index is 13.7. The average molecular weight is 563 g/mol. The molecule has 10 heteroatoms. The number of nitrogens with zero attached hydrogens (tertiary/aromatic N) is 7. The molecule has 41 heavy (non-hydrogen) atoms. The predicted octanol–water partition coefficient (Wildman–Crippen LogP) is 4.59. The van der Waals surface area contributed by atoms with E-state index in [2.05, 4.69) is 60.6 Å². The second-order valence-corrected chi connectivity index (χ2v) is 11.5. The number of para-hydroxylation sites is 2. The fraction of sp³-hybridized carbons (Fsp3) is 0.258. The van der Waals surface area contributed by atoms with Crippen LogP contribution in [0.1, 0.15) is 28.6 Å². The number of H-pyrrole nitrogens is 1. The molecule has 1 aliphatic heterocycles. The predicted molar refractivity (Wildman–Crippen MR) is 163 cm³/mol. The van der Waals surface area contributed by atoms with E-state index in [1.54, 1.807) is 11.3 Å². The maximum absolute atomic E-state index is 13.7. The van der Waals surface area contributed by atoms with Crippen LogP contribution in [0.25, 0.3) is 21.1 Å². The van der Waals surface area contributed by atoms with E-state index in [9.17, 15) is 4.79 Å². The van der Waals surface area contributed by atoms with Crippen molar-refractivity contribution >= 4 is 37.6 Å². The van der Waals surface area contributed by atoms with Gasteiger partial charge < -0.3 is 9.88 Å². The van der Waals surface area contributed by atoms with Crippen LogP contribution < -0.4 is 10.5 Å². The summed E-state index contributed by atoms with van der Waals surface area (Å²) in [6, 6.07) is 26.3. The Morgan fingerprint density at radius 1 is 0.951 bits per heavy atom. The summed E-state index contributed by atoms with van der Waals surface area (Å²) in [6.07, 6.45) is 0.796. The molecule has 0 unspecified atom stereocenters. The Bertz CT molecular complexity index is 1840. The summed E-state index contributed by atoms with van der Waals surface area (Å²) in [5.74, 6) is 0.687. The van der Waals surface area contributed by atoms with Gasteiger partial charge in [0.25, 0.3) is 5.56 Å². The van der Waals surface area contributed by atoms with Gasteiger partial charge in [0, 0.05) is 38.3 Å². The molecule has 1 saturated heterocycles. The molecule has 0 saturated carbocycles. The largest absolute Gasteiger partial charge is 0.345 e. The molecule has 0 aliphatic carbocycles. The summed E-state index contributed by atoms with van der Waals surface area (Å²) in [5, 5.41) is 15.0. The smallest absolute Gasteiger partial charge is 0.253 e. The molecule has 1 atom stereocenters. The molecular formula is C31H30N8OS. The van der Waals surface area contributed by atoms with Crippen molar-refractivity contribution in [1.29, 1.82) is 0 Å². The molecule has 6 aromatic rings. The van der Waals surface area contributed by atoms with Crippen LogP contribution in [0.4, 0.5) is 5.13 Å². The summed E-state index contributed by atoms with van der Waals surface area (Å²) in [5.41, 5.74) is 4.71. The molecule has 3 aromatic heterocycles. The van der Waals surface area contributed by atoms with Crippen LogP contribution in [0.3, 0.4) is 0 Å². The van der Waals surface area contributed by atoms with Gasteiger partial charge in [-0.2, -0.15) is 0 Å². The molecule has 0 radical (unpaired) electrons. The molecule has 1 aliphatic rings. The van der Waals surface area contributed by atoms with E-state index in [0.717, 1.165) is 59.7 Å². The molecule has 0 spiro atoms. The number of piperazine rings is 1. The summed E-state index contributed by atoms with van der Waals surface area (Å²) in [4.78, 5) is 26.4. The first-order chi connectivity index (χ1) is 20.1. The quantitative estimate of drug-likeness (QED) is 0.304. The zero-order valence-corrected chi connectivity index (χ0v) is 23.6. The number of hydrogen-bond donors (Lipinski definition) is 1. The number of rotatable bonds is 7. The highest BCUT2D eigenvalue weighted by atomic mass is 32.1. The lowest BCUT2D eigenvalue weighted by Crippen LogP contribution is -2.49. The normalized spacial score (nSPS) is 15.1. The lowest BCUT2D eigenvalue weighted by atomic mass is 10.0. The first-order valence-electron chi connectivity index (χ1n) is 13.9. The molecule has 0 amide bonds. The molecule has 1 fully saturated rings. The van der Waals surface area contributed by atoms with Gasteiger partial charge in [-0.05, 0) is 58.5 Å². The molecule has 1 N–H and O–H groups in total. The lowest BCUT2D eigenvalue weighted by Gasteiger charge is -2.38. The number of anilines is 1. The van der Waals surface area contributed by atoms with Crippen molar-refractivity contribution in [3.63, 3.8) is 0 Å². The second-order valence-electron chi connectivity index (χ2n) is 10.5. The van der Waals surface area contributed by atoms with Crippen LogP contribution >= 0.6 is 11.3 Å². The minimum atomic E-state index is -0.382. The summed E-state index contributed by atoms with van der Waals surface area (Å²) in [6.45, 7) is 5.73. The fourth-order valence-corrected chi connectivity index (χ4v) is 6.73. The second kappa shape index (κ2) is 10.9. The SMILES string of the molecule is Cc1cccc2cc([C@H](c3nnnn3CCc3ccccc3)N3CCN(c4nc5ccccc5s4)CC3)c(=O)[nH]c12. The van der Waals surface area contributed by atoms with Crippen LogP contribution in [-0.2, 0) is 13.0 Å². The monoisotopic (exact) mass is 562 g/mol. The molecule has 0 bridgehead atoms. The van der Waals surface area contributed by atoms with Crippen molar-refractivity contribution in [3.05, 3.63) is 112 Å². The molecule has 7 rings (SSSR count). The van der Waals surface area contributed by atoms with Gasteiger partial charge in [0.2, 0.25) is 0 Å². The molecule has 4 heterocycles. The van der Waals surface area contributed by atoms with E-state index in [-0.39, 0.29) is 11.6 Å². The number of nitrogens with one attached hydrogen (secondary N) is 1. The van der Waals surface area contributed by atoms with Gasteiger partial charge in [0.15, 0.2) is 11.0 Å². The zero-order valence-electron chi connectivity index (χ0n) is 22.8. The van der Waals surface area contributed by atoms with E-state index in [1.165, 1.54) is 10.3 Å². The van der Waals surface area contributed by atoms with Gasteiger partial charge in [-0.15, -0.1) is 5.10 Å². The lowest BCUT2D eigenvalue weighted by molar-refractivity contribution is 0.199. The Morgan fingerprint density at radius 3 is 2.59 bits per heavy atom. The first-order valence-corrected chi connectivity index (χ1v) is 14.7. The Labute approximate surface area is 241 Å². The number of aromatic nitrogens is 6. The highest BCUT2D eigenvalue weighted by molar-refractivity contribution is 7.22. The minimum Gasteiger partial charge on any atom is -0.345 e. The van der Waals surface area contributed by atoms with Crippen molar-refractivity contribution in [2.45, 2.75) is 25.9 Å². The van der Waals surface area contributed by atoms with E-state index in [0.29, 0.717) is 17.9 Å². The van der Waals surface area contributed by atoms with E-state index in [4.69, 9.17) is 4.98 Å². The van der Waals surface area contributed by atoms with Gasteiger partial charge in [-0.3, -0.25) is 9.69 Å². The number of thiazole rings is 1. The van der Waals surface area contributed by atoms with Crippen LogP contribution in [0.2, 0.25) is 0 Å². The summed E-state index contributed by atoms with van der Waals surface area (Å²) < 4.78 is 3.05. The van der Waals surface area contributed by atoms with Gasteiger partial charge in [0.05, 0.1) is 15.7 Å². The molecular weight excluding hydrogens is 532 g/mol. The number of tetrazole rings is 1. The van der Waals surface area contributed by atoms with Crippen LogP contribution in [0.5, 0.6) is 0 Å². The number of hydrogen-bond acceptors (Lipinski definition) is 8. The summed E-state index contributed by atoms with van der Waals surface area (Å²) in [7, 11) is 0. The topological polar surface area (TPSA) is 95.8 Å². The third kappa shape index (κ3) is 5.00. The first kappa shape index (κ1) is 25.6. The van der Waals surface area contributed by atoms with Crippen LogP contribution in [0, 0.1) is 6.92 Å². The van der Waals surface area contributed by atoms with Gasteiger partial charge >= 0.3 is 0 Å². The highest BCUT2D eigenvalue weighted by Gasteiger charge is 2.33. The van der Waals surface area contributed by atoms with Crippen molar-refractivity contribution in [2.75, 3.05) is 31.1 Å². The number of benzene rings is 3. The Hall–Kier alpha value is -4.41. The number of aryl methyl sites for hydroxylation is 3. The maximum Gasteiger partial charge on any atom is 0.253 e. The number of pyridine rings is 1. The third-order valence-corrected chi connectivity index (χ3v) is 9.00. The zero-order chi connectivity index (χ0) is 27.8. The third-order valence-electron chi connectivity index (χ3n) is 7.90.